The molecule has 0 aliphatic carbocycles. The van der Waals surface area contributed by atoms with Crippen molar-refractivity contribution in [3.63, 3.8) is 0 Å². The molecule has 0 radical (unpaired) electrons. The van der Waals surface area contributed by atoms with Crippen LogP contribution in [0.5, 0.6) is 5.75 Å². The summed E-state index contributed by atoms with van der Waals surface area (Å²) < 4.78 is 25.7. The van der Waals surface area contributed by atoms with E-state index in [0.29, 0.717) is 6.41 Å². The molecule has 3 N–H and O–H groups in total. The first-order valence-corrected chi connectivity index (χ1v) is 12.4. The van der Waals surface area contributed by atoms with Gasteiger partial charge in [0.05, 0.1) is 21.3 Å². The van der Waals surface area contributed by atoms with E-state index < -0.39 is 21.0 Å². The predicted molar refractivity (Wildman–Crippen MR) is 135 cm³/mol. The van der Waals surface area contributed by atoms with Gasteiger partial charge in [-0.05, 0) is 44.0 Å². The lowest BCUT2D eigenvalue weighted by Crippen LogP contribution is -2.34. The maximum atomic E-state index is 12.8. The van der Waals surface area contributed by atoms with Crippen molar-refractivity contribution in [1.82, 2.24) is 0 Å². The van der Waals surface area contributed by atoms with Gasteiger partial charge in [-0.2, -0.15) is 0 Å². The largest absolute Gasteiger partial charge is 0.506 e. The van der Waals surface area contributed by atoms with Crippen molar-refractivity contribution < 1.29 is 23.1 Å². The summed E-state index contributed by atoms with van der Waals surface area (Å²) in [6, 6.07) is 19.0. The summed E-state index contributed by atoms with van der Waals surface area (Å²) >= 11 is 6.05. The maximum absolute atomic E-state index is 12.8. The summed E-state index contributed by atoms with van der Waals surface area (Å²) in [5.74, 6) is -1.09. The number of phenolic OH excluding ortho intramolecular Hbond substituents is 1. The lowest BCUT2D eigenvalue weighted by atomic mass is 10.2. The summed E-state index contributed by atoms with van der Waals surface area (Å²) in [5.41, 5.74) is 2.18. The Morgan fingerprint density at radius 2 is 1.65 bits per heavy atom. The molecule has 180 valence electrons. The molecule has 9 heteroatoms. The van der Waals surface area contributed by atoms with Gasteiger partial charge < -0.3 is 15.7 Å². The van der Waals surface area contributed by atoms with Crippen molar-refractivity contribution in [2.45, 2.75) is 37.3 Å². The number of halogens is 1. The number of carbonyl (C=O) groups excluding carboxylic acids is 2. The molecule has 1 atom stereocenters. The fourth-order valence-corrected chi connectivity index (χ4v) is 5.02. The van der Waals surface area contributed by atoms with Gasteiger partial charge in [0.2, 0.25) is 12.3 Å². The molecular formula is C25H27ClN2O5S. The number of benzene rings is 3. The predicted octanol–water partition coefficient (Wildman–Crippen LogP) is 5.11. The Hall–Kier alpha value is -3.36. The van der Waals surface area contributed by atoms with Crippen LogP contribution in [0.1, 0.15) is 24.5 Å². The normalized spacial score (nSPS) is 11.5. The number of hydrogen-bond acceptors (Lipinski definition) is 5. The molecule has 0 saturated heterocycles. The van der Waals surface area contributed by atoms with Gasteiger partial charge in [0.25, 0.3) is 0 Å². The molecule has 0 aliphatic heterocycles. The number of carbonyl (C=O) groups is 2. The second-order valence-corrected chi connectivity index (χ2v) is 10.1. The Morgan fingerprint density at radius 1 is 1.00 bits per heavy atom. The molecule has 0 bridgehead atoms. The van der Waals surface area contributed by atoms with E-state index in [1.54, 1.807) is 26.0 Å². The lowest BCUT2D eigenvalue weighted by molar-refractivity contribution is -0.115. The number of amides is 2. The minimum absolute atomic E-state index is 0.0355. The van der Waals surface area contributed by atoms with E-state index in [9.17, 15) is 23.1 Å². The molecule has 0 heterocycles. The van der Waals surface area contributed by atoms with Gasteiger partial charge in [-0.25, -0.2) is 8.42 Å². The highest BCUT2D eigenvalue weighted by Crippen LogP contribution is 2.34. The average molecular weight is 503 g/mol. The highest BCUT2D eigenvalue weighted by atomic mass is 35.5. The van der Waals surface area contributed by atoms with Crippen LogP contribution in [0.25, 0.3) is 0 Å². The molecule has 2 amide bonds. The molecule has 0 fully saturated rings. The fraction of sp³-hybridized carbons (Fsp3) is 0.200. The number of anilines is 2. The van der Waals surface area contributed by atoms with E-state index >= 15 is 0 Å². The van der Waals surface area contributed by atoms with E-state index in [1.807, 2.05) is 18.2 Å². The molecule has 3 rings (SSSR count). The minimum Gasteiger partial charge on any atom is -0.506 e. The molecule has 0 spiro atoms. The standard InChI is InChI=1S/C18H19ClN2O5S.C7H8/c1-3-17(27(25,26)12-6-4-5-11(2)7-12)18(24)21-14-9-16(23)15(20-10-22)8-13(14)19;1-7-5-3-2-4-6-7/h4-10,17,23H,3H2,1-2H3,(H,20,22)(H,21,24);2-6H,1H3. The molecular weight excluding hydrogens is 476 g/mol. The molecule has 3 aromatic rings. The summed E-state index contributed by atoms with van der Waals surface area (Å²) in [7, 11) is -3.91. The number of hydrogen-bond donors (Lipinski definition) is 3. The smallest absolute Gasteiger partial charge is 0.243 e. The Balaban J connectivity index is 0.000000497. The molecule has 3 aromatic carbocycles. The monoisotopic (exact) mass is 502 g/mol. The number of aryl methyl sites for hydroxylation is 2. The van der Waals surface area contributed by atoms with E-state index in [4.69, 9.17) is 11.6 Å². The topological polar surface area (TPSA) is 113 Å². The van der Waals surface area contributed by atoms with Crippen LogP contribution < -0.4 is 10.6 Å². The van der Waals surface area contributed by atoms with Gasteiger partial charge in [-0.3, -0.25) is 9.59 Å². The fourth-order valence-electron chi connectivity index (χ4n) is 3.09. The Bertz CT molecular complexity index is 1250. The lowest BCUT2D eigenvalue weighted by Gasteiger charge is -2.17. The molecule has 0 aromatic heterocycles. The third-order valence-corrected chi connectivity index (χ3v) is 7.37. The number of phenols is 1. The van der Waals surface area contributed by atoms with Crippen molar-refractivity contribution in [2.24, 2.45) is 0 Å². The second kappa shape index (κ2) is 12.2. The highest BCUT2D eigenvalue weighted by molar-refractivity contribution is 7.92. The van der Waals surface area contributed by atoms with Crippen molar-refractivity contribution in [2.75, 3.05) is 10.6 Å². The first-order chi connectivity index (χ1) is 16.1. The zero-order valence-corrected chi connectivity index (χ0v) is 20.7. The number of nitrogens with one attached hydrogen (secondary N) is 2. The van der Waals surface area contributed by atoms with Crippen LogP contribution in [-0.4, -0.2) is 31.1 Å². The van der Waals surface area contributed by atoms with Gasteiger partial charge in [0.15, 0.2) is 9.84 Å². The maximum Gasteiger partial charge on any atom is 0.243 e. The molecule has 0 aliphatic rings. The molecule has 34 heavy (non-hydrogen) atoms. The van der Waals surface area contributed by atoms with Gasteiger partial charge in [-0.15, -0.1) is 0 Å². The van der Waals surface area contributed by atoms with E-state index in [2.05, 4.69) is 29.7 Å². The van der Waals surface area contributed by atoms with Crippen LogP contribution in [0.15, 0.2) is 71.6 Å². The van der Waals surface area contributed by atoms with Crippen molar-refractivity contribution in [3.8, 4) is 5.75 Å². The summed E-state index contributed by atoms with van der Waals surface area (Å²) in [6.07, 6.45) is 0.418. The summed E-state index contributed by atoms with van der Waals surface area (Å²) in [6.45, 7) is 5.44. The SMILES string of the molecule is CCC(C(=O)Nc1cc(O)c(NC=O)cc1Cl)S(=O)(=O)c1cccc(C)c1.Cc1ccccc1. The van der Waals surface area contributed by atoms with Crippen LogP contribution in [0.3, 0.4) is 0 Å². The van der Waals surface area contributed by atoms with Gasteiger partial charge >= 0.3 is 0 Å². The Morgan fingerprint density at radius 3 is 2.18 bits per heavy atom. The van der Waals surface area contributed by atoms with Crippen LogP contribution >= 0.6 is 11.6 Å². The zero-order chi connectivity index (χ0) is 25.3. The Labute approximate surface area is 204 Å². The highest BCUT2D eigenvalue weighted by Gasteiger charge is 2.33. The van der Waals surface area contributed by atoms with Crippen molar-refractivity contribution in [3.05, 3.63) is 82.9 Å². The second-order valence-electron chi connectivity index (χ2n) is 7.51. The molecule has 1 unspecified atom stereocenters. The van der Waals surface area contributed by atoms with Gasteiger partial charge in [0, 0.05) is 6.07 Å². The van der Waals surface area contributed by atoms with E-state index in [1.165, 1.54) is 23.8 Å². The van der Waals surface area contributed by atoms with E-state index in [0.717, 1.165) is 11.6 Å². The number of aromatic hydroxyl groups is 1. The third-order valence-electron chi connectivity index (χ3n) is 4.85. The van der Waals surface area contributed by atoms with Crippen LogP contribution in [0.4, 0.5) is 11.4 Å². The summed E-state index contributed by atoms with van der Waals surface area (Å²) in [4.78, 5) is 23.2. The average Bonchev–Trinajstić information content (AvgIpc) is 2.78. The number of sulfone groups is 1. The minimum atomic E-state index is -3.91. The van der Waals surface area contributed by atoms with E-state index in [-0.39, 0.29) is 33.5 Å². The molecule has 7 nitrogen and oxygen atoms in total. The van der Waals surface area contributed by atoms with Crippen LogP contribution in [0.2, 0.25) is 5.02 Å². The van der Waals surface area contributed by atoms with Crippen molar-refractivity contribution in [1.29, 1.82) is 0 Å². The number of rotatable bonds is 7. The Kier molecular flexibility index (Phi) is 9.65. The first kappa shape index (κ1) is 26.9. The molecule has 0 saturated carbocycles. The summed E-state index contributed by atoms with van der Waals surface area (Å²) in [5, 5.41) is 13.3. The quantitative estimate of drug-likeness (QED) is 0.307. The van der Waals surface area contributed by atoms with Crippen LogP contribution in [0, 0.1) is 13.8 Å². The third kappa shape index (κ3) is 7.07. The van der Waals surface area contributed by atoms with Gasteiger partial charge in [0.1, 0.15) is 11.0 Å². The van der Waals surface area contributed by atoms with Crippen LogP contribution in [-0.2, 0) is 19.4 Å². The van der Waals surface area contributed by atoms with Gasteiger partial charge in [-0.1, -0.05) is 66.6 Å². The van der Waals surface area contributed by atoms with Crippen molar-refractivity contribution >= 4 is 45.1 Å². The zero-order valence-electron chi connectivity index (χ0n) is 19.1. The first-order valence-electron chi connectivity index (χ1n) is 10.5.